The lowest BCUT2D eigenvalue weighted by atomic mass is 10.2. The van der Waals surface area contributed by atoms with Gasteiger partial charge in [0.05, 0.1) is 10.6 Å². The average molecular weight is 377 g/mol. The first-order valence-electron chi connectivity index (χ1n) is 5.50. The molecular weight excluding hydrogens is 366 g/mol. The van der Waals surface area contributed by atoms with E-state index in [4.69, 9.17) is 17.3 Å². The zero-order chi connectivity index (χ0) is 14.9. The summed E-state index contributed by atoms with van der Waals surface area (Å²) >= 11 is 9.09. The number of halogens is 2. The number of anilines is 2. The molecule has 5 nitrogen and oxygen atoms in total. The summed E-state index contributed by atoms with van der Waals surface area (Å²) < 4.78 is 27.8. The maximum atomic E-state index is 12.4. The molecule has 0 aliphatic heterocycles. The molecule has 2 rings (SSSR count). The van der Waals surface area contributed by atoms with Crippen LogP contribution in [0.25, 0.3) is 0 Å². The molecule has 2 aromatic rings. The Bertz CT molecular complexity index is 765. The minimum atomic E-state index is -3.78. The largest absolute Gasteiger partial charge is 0.398 e. The van der Waals surface area contributed by atoms with Crippen LogP contribution in [0, 0.1) is 6.92 Å². The SMILES string of the molecule is Cc1c(N)cccc1S(=O)(=O)Nc1cc(Br)cnc1Cl. The van der Waals surface area contributed by atoms with E-state index in [-0.39, 0.29) is 15.7 Å². The number of nitrogens with zero attached hydrogens (tertiary/aromatic N) is 1. The molecular formula is C12H11BrClN3O2S. The lowest BCUT2D eigenvalue weighted by Crippen LogP contribution is -2.15. The normalized spacial score (nSPS) is 11.3. The zero-order valence-corrected chi connectivity index (χ0v) is 13.6. The van der Waals surface area contributed by atoms with E-state index in [1.807, 2.05) is 0 Å². The van der Waals surface area contributed by atoms with Crippen molar-refractivity contribution in [1.29, 1.82) is 0 Å². The maximum absolute atomic E-state index is 12.4. The molecule has 0 unspecified atom stereocenters. The van der Waals surface area contributed by atoms with E-state index in [0.29, 0.717) is 15.7 Å². The van der Waals surface area contributed by atoms with Crippen LogP contribution in [0.1, 0.15) is 5.56 Å². The van der Waals surface area contributed by atoms with Crippen LogP contribution < -0.4 is 10.5 Å². The molecule has 1 heterocycles. The van der Waals surface area contributed by atoms with Gasteiger partial charge in [0.15, 0.2) is 5.15 Å². The van der Waals surface area contributed by atoms with Gasteiger partial charge in [-0.25, -0.2) is 13.4 Å². The molecule has 0 atom stereocenters. The smallest absolute Gasteiger partial charge is 0.262 e. The van der Waals surface area contributed by atoms with Gasteiger partial charge in [0.25, 0.3) is 10.0 Å². The molecule has 0 amide bonds. The molecule has 0 fully saturated rings. The molecule has 106 valence electrons. The number of nitrogen functional groups attached to an aromatic ring is 1. The molecule has 0 radical (unpaired) electrons. The van der Waals surface area contributed by atoms with Gasteiger partial charge >= 0.3 is 0 Å². The van der Waals surface area contributed by atoms with E-state index >= 15 is 0 Å². The van der Waals surface area contributed by atoms with Crippen molar-refractivity contribution in [3.05, 3.63) is 45.7 Å². The van der Waals surface area contributed by atoms with E-state index in [9.17, 15) is 8.42 Å². The van der Waals surface area contributed by atoms with Crippen LogP contribution in [0.4, 0.5) is 11.4 Å². The highest BCUT2D eigenvalue weighted by molar-refractivity contribution is 9.10. The van der Waals surface area contributed by atoms with Crippen molar-refractivity contribution >= 4 is 48.9 Å². The van der Waals surface area contributed by atoms with Gasteiger partial charge in [-0.3, -0.25) is 4.72 Å². The van der Waals surface area contributed by atoms with Crippen LogP contribution in [0.2, 0.25) is 5.15 Å². The number of rotatable bonds is 3. The summed E-state index contributed by atoms with van der Waals surface area (Å²) in [7, 11) is -3.78. The van der Waals surface area contributed by atoms with Gasteiger partial charge in [-0.1, -0.05) is 17.7 Å². The van der Waals surface area contributed by atoms with Crippen molar-refractivity contribution in [2.45, 2.75) is 11.8 Å². The average Bonchev–Trinajstić information content (AvgIpc) is 2.36. The molecule has 1 aromatic heterocycles. The summed E-state index contributed by atoms with van der Waals surface area (Å²) in [5.41, 5.74) is 6.82. The molecule has 0 aliphatic rings. The summed E-state index contributed by atoms with van der Waals surface area (Å²) in [6, 6.07) is 6.24. The van der Waals surface area contributed by atoms with Crippen LogP contribution >= 0.6 is 27.5 Å². The number of hydrogen-bond donors (Lipinski definition) is 2. The van der Waals surface area contributed by atoms with Crippen molar-refractivity contribution in [2.24, 2.45) is 0 Å². The Morgan fingerprint density at radius 2 is 2.10 bits per heavy atom. The van der Waals surface area contributed by atoms with Crippen LogP contribution in [0.15, 0.2) is 39.8 Å². The molecule has 1 aromatic carbocycles. The molecule has 0 spiro atoms. The third-order valence-electron chi connectivity index (χ3n) is 2.67. The van der Waals surface area contributed by atoms with Crippen molar-refractivity contribution in [3.8, 4) is 0 Å². The Morgan fingerprint density at radius 1 is 1.40 bits per heavy atom. The first-order chi connectivity index (χ1) is 9.31. The van der Waals surface area contributed by atoms with E-state index < -0.39 is 10.0 Å². The fourth-order valence-corrected chi connectivity index (χ4v) is 3.49. The Morgan fingerprint density at radius 3 is 2.80 bits per heavy atom. The van der Waals surface area contributed by atoms with Crippen LogP contribution in [0.5, 0.6) is 0 Å². The number of aromatic nitrogens is 1. The van der Waals surface area contributed by atoms with Gasteiger partial charge in [0, 0.05) is 16.4 Å². The second-order valence-corrected chi connectivity index (χ2v) is 6.99. The number of nitrogens with two attached hydrogens (primary N) is 1. The number of sulfonamides is 1. The van der Waals surface area contributed by atoms with E-state index in [1.54, 1.807) is 19.1 Å². The second kappa shape index (κ2) is 5.59. The Kier molecular flexibility index (Phi) is 4.22. The van der Waals surface area contributed by atoms with Gasteiger partial charge in [0.2, 0.25) is 0 Å². The van der Waals surface area contributed by atoms with Crippen molar-refractivity contribution in [3.63, 3.8) is 0 Å². The topological polar surface area (TPSA) is 85.1 Å². The summed E-state index contributed by atoms with van der Waals surface area (Å²) in [4.78, 5) is 3.97. The minimum absolute atomic E-state index is 0.0679. The molecule has 8 heteroatoms. The maximum Gasteiger partial charge on any atom is 0.262 e. The Hall–Kier alpha value is -1.31. The highest BCUT2D eigenvalue weighted by Gasteiger charge is 2.19. The molecule has 3 N–H and O–H groups in total. The highest BCUT2D eigenvalue weighted by atomic mass is 79.9. The summed E-state index contributed by atoms with van der Waals surface area (Å²) in [5.74, 6) is 0. The predicted octanol–water partition coefficient (Wildman–Crippen LogP) is 3.19. The first-order valence-corrected chi connectivity index (χ1v) is 8.15. The summed E-state index contributed by atoms with van der Waals surface area (Å²) in [5, 5.41) is 0.0679. The molecule has 0 bridgehead atoms. The van der Waals surface area contributed by atoms with Crippen LogP contribution in [-0.4, -0.2) is 13.4 Å². The van der Waals surface area contributed by atoms with Gasteiger partial charge in [-0.2, -0.15) is 0 Å². The van der Waals surface area contributed by atoms with Gasteiger partial charge in [-0.05, 0) is 46.6 Å². The zero-order valence-electron chi connectivity index (χ0n) is 10.4. The lowest BCUT2D eigenvalue weighted by Gasteiger charge is -2.12. The third kappa shape index (κ3) is 3.05. The first kappa shape index (κ1) is 15.1. The summed E-state index contributed by atoms with van der Waals surface area (Å²) in [6.07, 6.45) is 1.48. The minimum Gasteiger partial charge on any atom is -0.398 e. The van der Waals surface area contributed by atoms with Gasteiger partial charge < -0.3 is 5.73 Å². The van der Waals surface area contributed by atoms with Crippen molar-refractivity contribution in [1.82, 2.24) is 4.98 Å². The van der Waals surface area contributed by atoms with E-state index in [2.05, 4.69) is 25.6 Å². The quantitative estimate of drug-likeness (QED) is 0.636. The molecule has 0 aliphatic carbocycles. The Balaban J connectivity index is 2.46. The molecule has 0 saturated heterocycles. The standard InChI is InChI=1S/C12H11BrClN3O2S/c1-7-9(15)3-2-4-11(7)20(18,19)17-10-5-8(13)6-16-12(10)14/h2-6,17H,15H2,1H3. The second-order valence-electron chi connectivity index (χ2n) is 4.07. The predicted molar refractivity (Wildman–Crippen MR) is 83.3 cm³/mol. The van der Waals surface area contributed by atoms with Crippen LogP contribution in [0.3, 0.4) is 0 Å². The molecule has 0 saturated carbocycles. The molecule has 20 heavy (non-hydrogen) atoms. The monoisotopic (exact) mass is 375 g/mol. The third-order valence-corrected chi connectivity index (χ3v) is 4.91. The van der Waals surface area contributed by atoms with Crippen molar-refractivity contribution in [2.75, 3.05) is 10.5 Å². The number of hydrogen-bond acceptors (Lipinski definition) is 4. The van der Waals surface area contributed by atoms with E-state index in [1.165, 1.54) is 18.3 Å². The van der Waals surface area contributed by atoms with Crippen molar-refractivity contribution < 1.29 is 8.42 Å². The van der Waals surface area contributed by atoms with E-state index in [0.717, 1.165) is 0 Å². The Labute approximate surface area is 130 Å². The number of pyridine rings is 1. The summed E-state index contributed by atoms with van der Waals surface area (Å²) in [6.45, 7) is 1.64. The highest BCUT2D eigenvalue weighted by Crippen LogP contribution is 2.27. The fraction of sp³-hybridized carbons (Fsp3) is 0.0833. The van der Waals surface area contributed by atoms with Gasteiger partial charge in [-0.15, -0.1) is 0 Å². The fourth-order valence-electron chi connectivity index (χ4n) is 1.62. The number of nitrogens with one attached hydrogen (secondary N) is 1. The van der Waals surface area contributed by atoms with Crippen LogP contribution in [-0.2, 0) is 10.0 Å². The number of benzene rings is 1. The lowest BCUT2D eigenvalue weighted by molar-refractivity contribution is 0.600. The van der Waals surface area contributed by atoms with Gasteiger partial charge in [0.1, 0.15) is 0 Å².